The zero-order chi connectivity index (χ0) is 23.4. The molecule has 33 heavy (non-hydrogen) atoms. The zero-order valence-electron chi connectivity index (χ0n) is 17.8. The molecule has 4 rings (SSSR count). The van der Waals surface area contributed by atoms with E-state index in [0.717, 1.165) is 9.87 Å². The van der Waals surface area contributed by atoms with Crippen molar-refractivity contribution in [2.75, 3.05) is 10.8 Å². The first-order valence-corrected chi connectivity index (χ1v) is 11.8. The molecule has 0 atom stereocenters. The van der Waals surface area contributed by atoms with Gasteiger partial charge in [0.05, 0.1) is 16.1 Å². The first-order valence-electron chi connectivity index (χ1n) is 10.3. The van der Waals surface area contributed by atoms with E-state index in [1.54, 1.807) is 54.6 Å². The maximum absolute atomic E-state index is 13.5. The number of aromatic amines is 1. The summed E-state index contributed by atoms with van der Waals surface area (Å²) >= 11 is 0. The van der Waals surface area contributed by atoms with E-state index >= 15 is 0 Å². The van der Waals surface area contributed by atoms with Crippen molar-refractivity contribution in [3.63, 3.8) is 0 Å². The van der Waals surface area contributed by atoms with Crippen LogP contribution in [0.4, 0.5) is 11.4 Å². The lowest BCUT2D eigenvalue weighted by atomic mass is 10.1. The molecule has 0 radical (unpaired) electrons. The largest absolute Gasteiger partial charge is 0.493 e. The standard InChI is InChI=1S/C24H22N4O4S/c1-2-17-10-6-9-15-21(17)28(33(31,32)18-11-4-3-5-12-18)16-22(29)26-27-23-19-13-7-8-14-20(19)25-24(23)30/h3-15,25,30H,2,16H2,1H3. The second-order valence-electron chi connectivity index (χ2n) is 7.27. The van der Waals surface area contributed by atoms with Gasteiger partial charge in [0, 0.05) is 5.39 Å². The monoisotopic (exact) mass is 462 g/mol. The average Bonchev–Trinajstić information content (AvgIpc) is 3.16. The van der Waals surface area contributed by atoms with Crippen molar-refractivity contribution in [2.45, 2.75) is 18.2 Å². The lowest BCUT2D eigenvalue weighted by Crippen LogP contribution is -2.36. The van der Waals surface area contributed by atoms with Gasteiger partial charge in [0.15, 0.2) is 5.69 Å². The quantitative estimate of drug-likeness (QED) is 0.378. The highest BCUT2D eigenvalue weighted by Crippen LogP contribution is 2.35. The molecule has 168 valence electrons. The van der Waals surface area contributed by atoms with Gasteiger partial charge >= 0.3 is 0 Å². The summed E-state index contributed by atoms with van der Waals surface area (Å²) in [6, 6.07) is 22.0. The van der Waals surface area contributed by atoms with E-state index in [4.69, 9.17) is 0 Å². The number of nitrogens with zero attached hydrogens (tertiary/aromatic N) is 3. The number of nitrogens with one attached hydrogen (secondary N) is 1. The number of anilines is 1. The Balaban J connectivity index is 1.70. The normalized spacial score (nSPS) is 11.8. The van der Waals surface area contributed by atoms with E-state index in [1.165, 1.54) is 12.1 Å². The molecule has 4 aromatic rings. The van der Waals surface area contributed by atoms with Crippen molar-refractivity contribution in [1.29, 1.82) is 0 Å². The summed E-state index contributed by atoms with van der Waals surface area (Å²) in [4.78, 5) is 15.6. The van der Waals surface area contributed by atoms with Crippen LogP contribution in [0.15, 0.2) is 94.0 Å². The summed E-state index contributed by atoms with van der Waals surface area (Å²) in [6.45, 7) is 1.37. The minimum atomic E-state index is -4.04. The van der Waals surface area contributed by atoms with Gasteiger partial charge in [0.2, 0.25) is 5.88 Å². The van der Waals surface area contributed by atoms with Gasteiger partial charge in [0.1, 0.15) is 6.54 Å². The Kier molecular flexibility index (Phi) is 6.23. The third-order valence-corrected chi connectivity index (χ3v) is 6.95. The van der Waals surface area contributed by atoms with E-state index in [9.17, 15) is 18.3 Å². The predicted molar refractivity (Wildman–Crippen MR) is 126 cm³/mol. The van der Waals surface area contributed by atoms with Crippen molar-refractivity contribution >= 4 is 38.2 Å². The molecule has 1 aromatic heterocycles. The highest BCUT2D eigenvalue weighted by atomic mass is 32.2. The molecule has 0 aliphatic carbocycles. The fourth-order valence-corrected chi connectivity index (χ4v) is 5.02. The van der Waals surface area contributed by atoms with Crippen LogP contribution in [0.1, 0.15) is 12.5 Å². The minimum absolute atomic E-state index is 0.0647. The molecule has 0 bridgehead atoms. The Morgan fingerprint density at radius 1 is 0.970 bits per heavy atom. The van der Waals surface area contributed by atoms with Crippen molar-refractivity contribution in [3.05, 3.63) is 84.4 Å². The molecule has 1 amide bonds. The number of hydrogen-bond donors (Lipinski definition) is 2. The van der Waals surface area contributed by atoms with Gasteiger partial charge in [-0.15, -0.1) is 10.2 Å². The molecular formula is C24H22N4O4S. The van der Waals surface area contributed by atoms with Crippen molar-refractivity contribution in [1.82, 2.24) is 4.98 Å². The lowest BCUT2D eigenvalue weighted by molar-refractivity contribution is -0.116. The third kappa shape index (κ3) is 4.49. The van der Waals surface area contributed by atoms with Gasteiger partial charge in [-0.2, -0.15) is 0 Å². The molecule has 2 N–H and O–H groups in total. The zero-order valence-corrected chi connectivity index (χ0v) is 18.7. The number of rotatable bonds is 7. The highest BCUT2D eigenvalue weighted by Gasteiger charge is 2.28. The number of fused-ring (bicyclic) bond motifs is 1. The van der Waals surface area contributed by atoms with Crippen molar-refractivity contribution < 1.29 is 18.3 Å². The molecule has 1 heterocycles. The summed E-state index contributed by atoms with van der Waals surface area (Å²) in [5, 5.41) is 18.3. The third-order valence-electron chi connectivity index (χ3n) is 5.17. The number of azo groups is 1. The number of carbonyl (C=O) groups excluding carboxylic acids is 1. The Bertz CT molecular complexity index is 1430. The number of hydrogen-bond acceptors (Lipinski definition) is 5. The molecule has 0 saturated carbocycles. The lowest BCUT2D eigenvalue weighted by Gasteiger charge is -2.25. The molecular weight excluding hydrogens is 440 g/mol. The Hall–Kier alpha value is -3.98. The van der Waals surface area contributed by atoms with Crippen LogP contribution >= 0.6 is 0 Å². The second kappa shape index (κ2) is 9.25. The van der Waals surface area contributed by atoms with Crippen LogP contribution in [0.2, 0.25) is 0 Å². The number of aromatic nitrogens is 1. The van der Waals surface area contributed by atoms with Gasteiger partial charge in [-0.05, 0) is 36.2 Å². The van der Waals surface area contributed by atoms with E-state index < -0.39 is 22.5 Å². The SMILES string of the molecule is CCc1ccccc1N(CC(=O)N=Nc1c(O)[nH]c2ccccc12)S(=O)(=O)c1ccccc1. The van der Waals surface area contributed by atoms with Gasteiger partial charge < -0.3 is 10.1 Å². The van der Waals surface area contributed by atoms with E-state index in [0.29, 0.717) is 23.0 Å². The number of carbonyl (C=O) groups is 1. The number of aryl methyl sites for hydroxylation is 1. The maximum atomic E-state index is 13.5. The number of benzene rings is 3. The number of H-pyrrole nitrogens is 1. The Morgan fingerprint density at radius 2 is 1.64 bits per heavy atom. The van der Waals surface area contributed by atoms with Crippen LogP contribution in [0.3, 0.4) is 0 Å². The minimum Gasteiger partial charge on any atom is -0.493 e. The molecule has 9 heteroatoms. The van der Waals surface area contributed by atoms with E-state index in [-0.39, 0.29) is 16.5 Å². The summed E-state index contributed by atoms with van der Waals surface area (Å²) in [6.07, 6.45) is 0.579. The number of aromatic hydroxyl groups is 1. The van der Waals surface area contributed by atoms with Gasteiger partial charge in [0.25, 0.3) is 15.9 Å². The first kappa shape index (κ1) is 22.2. The topological polar surface area (TPSA) is 115 Å². The molecule has 0 aliphatic rings. The first-order chi connectivity index (χ1) is 15.9. The second-order valence-corrected chi connectivity index (χ2v) is 9.13. The molecule has 8 nitrogen and oxygen atoms in total. The number of amides is 1. The van der Waals surface area contributed by atoms with Gasteiger partial charge in [-0.1, -0.05) is 61.5 Å². The van der Waals surface area contributed by atoms with Gasteiger partial charge in [-0.3, -0.25) is 9.10 Å². The maximum Gasteiger partial charge on any atom is 0.285 e. The fourth-order valence-electron chi connectivity index (χ4n) is 3.55. The van der Waals surface area contributed by atoms with Crippen LogP contribution in [-0.4, -0.2) is 31.0 Å². The van der Waals surface area contributed by atoms with E-state index in [2.05, 4.69) is 15.2 Å². The molecule has 0 fully saturated rings. The molecule has 0 aliphatic heterocycles. The highest BCUT2D eigenvalue weighted by molar-refractivity contribution is 7.92. The Morgan fingerprint density at radius 3 is 2.39 bits per heavy atom. The smallest absolute Gasteiger partial charge is 0.285 e. The van der Waals surface area contributed by atoms with Crippen LogP contribution < -0.4 is 4.31 Å². The predicted octanol–water partition coefficient (Wildman–Crippen LogP) is 4.94. The average molecular weight is 463 g/mol. The van der Waals surface area contributed by atoms with Crippen LogP contribution in [0, 0.1) is 0 Å². The summed E-state index contributed by atoms with van der Waals surface area (Å²) < 4.78 is 28.0. The van der Waals surface area contributed by atoms with Crippen molar-refractivity contribution in [2.24, 2.45) is 10.2 Å². The molecule has 0 unspecified atom stereocenters. The molecule has 0 saturated heterocycles. The molecule has 0 spiro atoms. The van der Waals surface area contributed by atoms with Crippen molar-refractivity contribution in [3.8, 4) is 5.88 Å². The van der Waals surface area contributed by atoms with Crippen LogP contribution in [0.25, 0.3) is 10.9 Å². The fraction of sp³-hybridized carbons (Fsp3) is 0.125. The van der Waals surface area contributed by atoms with Gasteiger partial charge in [-0.25, -0.2) is 8.42 Å². The summed E-state index contributed by atoms with van der Waals surface area (Å²) in [7, 11) is -4.04. The summed E-state index contributed by atoms with van der Waals surface area (Å²) in [5.74, 6) is -0.997. The number of sulfonamides is 1. The van der Waals surface area contributed by atoms with Crippen LogP contribution in [-0.2, 0) is 21.2 Å². The Labute approximate surface area is 191 Å². The van der Waals surface area contributed by atoms with E-state index in [1.807, 2.05) is 19.1 Å². The van der Waals surface area contributed by atoms with Crippen LogP contribution in [0.5, 0.6) is 5.88 Å². The molecule has 3 aromatic carbocycles. The number of para-hydroxylation sites is 2. The summed E-state index contributed by atoms with van der Waals surface area (Å²) in [5.41, 5.74) is 1.94.